The maximum atomic E-state index is 12.9. The van der Waals surface area contributed by atoms with Gasteiger partial charge in [0, 0.05) is 0 Å². The van der Waals surface area contributed by atoms with Gasteiger partial charge in [-0.3, -0.25) is 4.79 Å². The first-order valence-corrected chi connectivity index (χ1v) is 5.12. The van der Waals surface area contributed by atoms with E-state index in [4.69, 9.17) is 16.7 Å². The Bertz CT molecular complexity index is 407. The summed E-state index contributed by atoms with van der Waals surface area (Å²) in [5.74, 6) is -1.04. The lowest BCUT2D eigenvalue weighted by Crippen LogP contribution is -2.46. The molecule has 0 aliphatic rings. The fourth-order valence-electron chi connectivity index (χ4n) is 1.09. The molecule has 1 rings (SSSR count). The smallest absolute Gasteiger partial charge is 0.253 e. The average Bonchev–Trinajstić information content (AvgIpc) is 2.21. The van der Waals surface area contributed by atoms with Crippen molar-refractivity contribution in [1.29, 1.82) is 0 Å². The minimum atomic E-state index is -0.771. The van der Waals surface area contributed by atoms with Gasteiger partial charge in [-0.15, -0.1) is 0 Å². The Morgan fingerprint density at radius 3 is 2.75 bits per heavy atom. The largest absolute Gasteiger partial charge is 0.394 e. The van der Waals surface area contributed by atoms with Gasteiger partial charge in [-0.2, -0.15) is 0 Å². The van der Waals surface area contributed by atoms with Crippen molar-refractivity contribution in [2.75, 3.05) is 6.61 Å². The van der Waals surface area contributed by atoms with E-state index >= 15 is 0 Å². The van der Waals surface area contributed by atoms with E-state index in [1.54, 1.807) is 13.8 Å². The molecule has 0 atom stereocenters. The topological polar surface area (TPSA) is 49.3 Å². The third-order valence-corrected chi connectivity index (χ3v) is 2.35. The van der Waals surface area contributed by atoms with Crippen LogP contribution in [-0.4, -0.2) is 23.2 Å². The van der Waals surface area contributed by atoms with Gasteiger partial charge in [0.15, 0.2) is 0 Å². The number of halogens is 2. The van der Waals surface area contributed by atoms with Crippen LogP contribution in [0.4, 0.5) is 4.39 Å². The fourth-order valence-corrected chi connectivity index (χ4v) is 1.29. The lowest BCUT2D eigenvalue weighted by atomic mass is 10.1. The Labute approximate surface area is 98.2 Å². The number of aliphatic hydroxyl groups excluding tert-OH is 1. The van der Waals surface area contributed by atoms with Crippen molar-refractivity contribution in [1.82, 2.24) is 5.32 Å². The van der Waals surface area contributed by atoms with Crippen LogP contribution < -0.4 is 5.32 Å². The van der Waals surface area contributed by atoms with E-state index in [0.29, 0.717) is 0 Å². The summed E-state index contributed by atoms with van der Waals surface area (Å²) >= 11 is 5.77. The Kier molecular flexibility index (Phi) is 3.88. The summed E-state index contributed by atoms with van der Waals surface area (Å²) in [7, 11) is 0. The SMILES string of the molecule is CC(C)(CO)NC(=O)c1cc(F)ccc1Cl. The normalized spacial score (nSPS) is 11.3. The maximum Gasteiger partial charge on any atom is 0.253 e. The van der Waals surface area contributed by atoms with Gasteiger partial charge in [0.05, 0.1) is 22.7 Å². The highest BCUT2D eigenvalue weighted by molar-refractivity contribution is 6.33. The zero-order valence-electron chi connectivity index (χ0n) is 9.05. The number of amides is 1. The molecule has 0 saturated heterocycles. The van der Waals surface area contributed by atoms with Crippen LogP contribution in [0.5, 0.6) is 0 Å². The summed E-state index contributed by atoms with van der Waals surface area (Å²) in [5, 5.41) is 11.7. The predicted molar refractivity (Wildman–Crippen MR) is 60.0 cm³/mol. The zero-order chi connectivity index (χ0) is 12.3. The van der Waals surface area contributed by atoms with Gasteiger partial charge < -0.3 is 10.4 Å². The quantitative estimate of drug-likeness (QED) is 0.856. The summed E-state index contributed by atoms with van der Waals surface area (Å²) < 4.78 is 12.9. The van der Waals surface area contributed by atoms with Crippen molar-refractivity contribution in [2.45, 2.75) is 19.4 Å². The highest BCUT2D eigenvalue weighted by atomic mass is 35.5. The Balaban J connectivity index is 2.93. The van der Waals surface area contributed by atoms with E-state index < -0.39 is 17.3 Å². The van der Waals surface area contributed by atoms with Gasteiger partial charge in [-0.25, -0.2) is 4.39 Å². The molecule has 1 aromatic rings. The molecule has 0 heterocycles. The monoisotopic (exact) mass is 245 g/mol. The van der Waals surface area contributed by atoms with Gasteiger partial charge in [0.25, 0.3) is 5.91 Å². The molecule has 0 aliphatic carbocycles. The van der Waals surface area contributed by atoms with E-state index in [9.17, 15) is 9.18 Å². The first kappa shape index (κ1) is 12.9. The maximum absolute atomic E-state index is 12.9. The molecular formula is C11H13ClFNO2. The highest BCUT2D eigenvalue weighted by Crippen LogP contribution is 2.17. The number of aliphatic hydroxyl groups is 1. The molecular weight excluding hydrogens is 233 g/mol. The molecule has 88 valence electrons. The zero-order valence-corrected chi connectivity index (χ0v) is 9.81. The van der Waals surface area contributed by atoms with Crippen molar-refractivity contribution in [3.05, 3.63) is 34.6 Å². The number of benzene rings is 1. The summed E-state index contributed by atoms with van der Waals surface area (Å²) in [4.78, 5) is 11.7. The Morgan fingerprint density at radius 1 is 1.56 bits per heavy atom. The van der Waals surface area contributed by atoms with Crippen LogP contribution in [-0.2, 0) is 0 Å². The van der Waals surface area contributed by atoms with Gasteiger partial charge in [0.1, 0.15) is 5.82 Å². The van der Waals surface area contributed by atoms with Crippen LogP contribution in [0.15, 0.2) is 18.2 Å². The fraction of sp³-hybridized carbons (Fsp3) is 0.364. The van der Waals surface area contributed by atoms with Crippen LogP contribution in [0, 0.1) is 5.82 Å². The van der Waals surface area contributed by atoms with E-state index in [1.807, 2.05) is 0 Å². The third kappa shape index (κ3) is 3.18. The van der Waals surface area contributed by atoms with Crippen LogP contribution in [0.25, 0.3) is 0 Å². The summed E-state index contributed by atoms with van der Waals surface area (Å²) in [6.45, 7) is 3.09. The minimum Gasteiger partial charge on any atom is -0.394 e. The molecule has 0 saturated carbocycles. The molecule has 0 aliphatic heterocycles. The molecule has 5 heteroatoms. The number of carbonyl (C=O) groups excluding carboxylic acids is 1. The lowest BCUT2D eigenvalue weighted by molar-refractivity contribution is 0.0869. The van der Waals surface area contributed by atoms with E-state index in [0.717, 1.165) is 6.07 Å². The second-order valence-electron chi connectivity index (χ2n) is 4.12. The number of carbonyl (C=O) groups is 1. The number of hydrogen-bond acceptors (Lipinski definition) is 2. The average molecular weight is 246 g/mol. The van der Waals surface area contributed by atoms with Crippen molar-refractivity contribution < 1.29 is 14.3 Å². The minimum absolute atomic E-state index is 0.0585. The molecule has 1 aromatic carbocycles. The van der Waals surface area contributed by atoms with Crippen LogP contribution in [0.2, 0.25) is 5.02 Å². The van der Waals surface area contributed by atoms with Crippen molar-refractivity contribution in [3.63, 3.8) is 0 Å². The molecule has 0 unspecified atom stereocenters. The van der Waals surface area contributed by atoms with Crippen molar-refractivity contribution in [2.24, 2.45) is 0 Å². The molecule has 0 radical (unpaired) electrons. The molecule has 0 spiro atoms. The third-order valence-electron chi connectivity index (χ3n) is 2.02. The van der Waals surface area contributed by atoms with Crippen molar-refractivity contribution in [3.8, 4) is 0 Å². The number of hydrogen-bond donors (Lipinski definition) is 2. The second kappa shape index (κ2) is 4.80. The van der Waals surface area contributed by atoms with Gasteiger partial charge in [0.2, 0.25) is 0 Å². The number of rotatable bonds is 3. The standard InChI is InChI=1S/C11H13ClFNO2/c1-11(2,6-15)14-10(16)8-5-7(13)3-4-9(8)12/h3-5,15H,6H2,1-2H3,(H,14,16). The molecule has 16 heavy (non-hydrogen) atoms. The van der Waals surface area contributed by atoms with E-state index in [1.165, 1.54) is 12.1 Å². The molecule has 0 aromatic heterocycles. The predicted octanol–water partition coefficient (Wildman–Crippen LogP) is 1.98. The molecule has 2 N–H and O–H groups in total. The van der Waals surface area contributed by atoms with Crippen molar-refractivity contribution >= 4 is 17.5 Å². The lowest BCUT2D eigenvalue weighted by Gasteiger charge is -2.23. The highest BCUT2D eigenvalue weighted by Gasteiger charge is 2.21. The first-order valence-electron chi connectivity index (χ1n) is 4.74. The number of nitrogens with one attached hydrogen (secondary N) is 1. The van der Waals surface area contributed by atoms with Gasteiger partial charge in [-0.1, -0.05) is 11.6 Å². The summed E-state index contributed by atoms with van der Waals surface area (Å²) in [6, 6.07) is 3.55. The van der Waals surface area contributed by atoms with Crippen LogP contribution >= 0.6 is 11.6 Å². The summed E-state index contributed by atoms with van der Waals surface area (Å²) in [5.41, 5.74) is -0.713. The molecule has 0 fully saturated rings. The molecule has 1 amide bonds. The Hall–Kier alpha value is -1.13. The van der Waals surface area contributed by atoms with Gasteiger partial charge in [-0.05, 0) is 32.0 Å². The van der Waals surface area contributed by atoms with E-state index in [2.05, 4.69) is 5.32 Å². The molecule has 3 nitrogen and oxygen atoms in total. The second-order valence-corrected chi connectivity index (χ2v) is 4.53. The Morgan fingerprint density at radius 2 is 2.19 bits per heavy atom. The van der Waals surface area contributed by atoms with Crippen LogP contribution in [0.1, 0.15) is 24.2 Å². The molecule has 0 bridgehead atoms. The van der Waals surface area contributed by atoms with Gasteiger partial charge >= 0.3 is 0 Å². The summed E-state index contributed by atoms with van der Waals surface area (Å²) in [6.07, 6.45) is 0. The van der Waals surface area contributed by atoms with Crippen LogP contribution in [0.3, 0.4) is 0 Å². The first-order chi connectivity index (χ1) is 7.35. The van der Waals surface area contributed by atoms with E-state index in [-0.39, 0.29) is 17.2 Å².